The molecule has 0 N–H and O–H groups in total. The van der Waals surface area contributed by atoms with Gasteiger partial charge in [0.05, 0.1) is 0 Å². The number of nitrogens with zero attached hydrogens (tertiary/aromatic N) is 2. The number of rotatable bonds is 4. The Hall–Kier alpha value is -2.49. The average Bonchev–Trinajstić information content (AvgIpc) is 2.61. The number of carbonyl (C=O) groups excluding carboxylic acids is 1. The molecule has 1 heterocycles. The smallest absolute Gasteiger partial charge is 0.260 e. The second-order valence-corrected chi connectivity index (χ2v) is 5.82. The number of ether oxygens (including phenoxy) is 1. The van der Waals surface area contributed by atoms with E-state index in [2.05, 4.69) is 24.0 Å². The molecule has 3 rings (SSSR count). The number of para-hydroxylation sites is 2. The first-order valence-corrected chi connectivity index (χ1v) is 8.01. The maximum Gasteiger partial charge on any atom is 0.260 e. The predicted octanol–water partition coefficient (Wildman–Crippen LogP) is 2.80. The van der Waals surface area contributed by atoms with Gasteiger partial charge in [-0.15, -0.1) is 0 Å². The molecule has 2 aromatic rings. The third-order valence-electron chi connectivity index (χ3n) is 4.17. The summed E-state index contributed by atoms with van der Waals surface area (Å²) in [5.41, 5.74) is 1.21. The molecule has 1 fully saturated rings. The number of piperazine rings is 1. The molecule has 4 heteroatoms. The van der Waals surface area contributed by atoms with Crippen LogP contribution in [0.2, 0.25) is 0 Å². The average molecular weight is 310 g/mol. The molecule has 1 aliphatic heterocycles. The van der Waals surface area contributed by atoms with Crippen molar-refractivity contribution in [1.29, 1.82) is 0 Å². The summed E-state index contributed by atoms with van der Waals surface area (Å²) in [6.07, 6.45) is 0. The highest BCUT2D eigenvalue weighted by atomic mass is 16.5. The van der Waals surface area contributed by atoms with Crippen LogP contribution in [0.3, 0.4) is 0 Å². The first-order valence-electron chi connectivity index (χ1n) is 8.01. The summed E-state index contributed by atoms with van der Waals surface area (Å²) in [7, 11) is 0. The van der Waals surface area contributed by atoms with E-state index < -0.39 is 0 Å². The molecule has 1 aliphatic rings. The van der Waals surface area contributed by atoms with Gasteiger partial charge in [0.1, 0.15) is 5.75 Å². The molecular weight excluding hydrogens is 288 g/mol. The van der Waals surface area contributed by atoms with Crippen LogP contribution in [0.15, 0.2) is 60.7 Å². The van der Waals surface area contributed by atoms with Crippen molar-refractivity contribution in [3.8, 4) is 5.75 Å². The van der Waals surface area contributed by atoms with E-state index in [9.17, 15) is 4.79 Å². The third kappa shape index (κ3) is 3.83. The highest BCUT2D eigenvalue weighted by Crippen LogP contribution is 2.19. The minimum absolute atomic E-state index is 0.0501. The van der Waals surface area contributed by atoms with Crippen molar-refractivity contribution in [3.63, 3.8) is 0 Å². The lowest BCUT2D eigenvalue weighted by Gasteiger charge is -2.41. The van der Waals surface area contributed by atoms with Gasteiger partial charge < -0.3 is 14.5 Å². The topological polar surface area (TPSA) is 32.8 Å². The van der Waals surface area contributed by atoms with Crippen LogP contribution in [0.4, 0.5) is 5.69 Å². The van der Waals surface area contributed by atoms with Crippen LogP contribution < -0.4 is 9.64 Å². The minimum Gasteiger partial charge on any atom is -0.484 e. The first-order chi connectivity index (χ1) is 11.2. The Morgan fingerprint density at radius 1 is 1.04 bits per heavy atom. The van der Waals surface area contributed by atoms with E-state index in [1.54, 1.807) is 0 Å². The van der Waals surface area contributed by atoms with E-state index in [1.807, 2.05) is 53.4 Å². The Balaban J connectivity index is 1.54. The van der Waals surface area contributed by atoms with E-state index in [1.165, 1.54) is 5.69 Å². The lowest BCUT2D eigenvalue weighted by molar-refractivity contribution is -0.135. The number of hydrogen-bond acceptors (Lipinski definition) is 3. The molecule has 120 valence electrons. The van der Waals surface area contributed by atoms with Crippen molar-refractivity contribution in [2.45, 2.75) is 13.0 Å². The van der Waals surface area contributed by atoms with Crippen molar-refractivity contribution in [2.75, 3.05) is 31.1 Å². The van der Waals surface area contributed by atoms with E-state index >= 15 is 0 Å². The second kappa shape index (κ2) is 7.18. The van der Waals surface area contributed by atoms with Crippen LogP contribution in [0.25, 0.3) is 0 Å². The largest absolute Gasteiger partial charge is 0.484 e. The lowest BCUT2D eigenvalue weighted by atomic mass is 10.1. The number of benzene rings is 2. The van der Waals surface area contributed by atoms with Crippen LogP contribution in [0, 0.1) is 0 Å². The van der Waals surface area contributed by atoms with E-state index in [0.29, 0.717) is 0 Å². The van der Waals surface area contributed by atoms with Gasteiger partial charge in [0, 0.05) is 31.4 Å². The quantitative estimate of drug-likeness (QED) is 0.870. The molecule has 1 unspecified atom stereocenters. The summed E-state index contributed by atoms with van der Waals surface area (Å²) in [6.45, 7) is 4.62. The molecule has 23 heavy (non-hydrogen) atoms. The van der Waals surface area contributed by atoms with Crippen molar-refractivity contribution in [3.05, 3.63) is 60.7 Å². The molecule has 1 atom stereocenters. The summed E-state index contributed by atoms with van der Waals surface area (Å²) in [5, 5.41) is 0. The highest BCUT2D eigenvalue weighted by Gasteiger charge is 2.27. The van der Waals surface area contributed by atoms with Crippen LogP contribution in [0.1, 0.15) is 6.92 Å². The van der Waals surface area contributed by atoms with Gasteiger partial charge in [-0.3, -0.25) is 4.79 Å². The van der Waals surface area contributed by atoms with Crippen LogP contribution in [-0.4, -0.2) is 43.1 Å². The molecule has 0 bridgehead atoms. The van der Waals surface area contributed by atoms with Gasteiger partial charge in [-0.05, 0) is 31.2 Å². The van der Waals surface area contributed by atoms with Crippen LogP contribution >= 0.6 is 0 Å². The summed E-state index contributed by atoms with van der Waals surface area (Å²) in [5.74, 6) is 0.783. The number of hydrogen-bond donors (Lipinski definition) is 0. The summed E-state index contributed by atoms with van der Waals surface area (Å²) in [6, 6.07) is 20.0. The standard InChI is InChI=1S/C19H22N2O2/c1-16-14-20(17-8-4-2-5-9-17)12-13-21(16)19(22)15-23-18-10-6-3-7-11-18/h2-11,16H,12-15H2,1H3. The lowest BCUT2D eigenvalue weighted by Crippen LogP contribution is -2.55. The normalized spacial score (nSPS) is 17.9. The molecule has 1 saturated heterocycles. The number of carbonyl (C=O) groups is 1. The Kier molecular flexibility index (Phi) is 4.81. The van der Waals surface area contributed by atoms with Gasteiger partial charge >= 0.3 is 0 Å². The van der Waals surface area contributed by atoms with Gasteiger partial charge in [-0.1, -0.05) is 36.4 Å². The fourth-order valence-electron chi connectivity index (χ4n) is 2.95. The Labute approximate surface area is 137 Å². The van der Waals surface area contributed by atoms with Crippen LogP contribution in [-0.2, 0) is 4.79 Å². The molecule has 0 aliphatic carbocycles. The molecule has 2 aromatic carbocycles. The molecule has 4 nitrogen and oxygen atoms in total. The Morgan fingerprint density at radius 2 is 1.70 bits per heavy atom. The van der Waals surface area contributed by atoms with Gasteiger partial charge in [0.25, 0.3) is 5.91 Å². The number of amides is 1. The van der Waals surface area contributed by atoms with E-state index in [-0.39, 0.29) is 18.6 Å². The summed E-state index contributed by atoms with van der Waals surface area (Å²) in [4.78, 5) is 16.7. The number of anilines is 1. The maximum absolute atomic E-state index is 12.4. The fraction of sp³-hybridized carbons (Fsp3) is 0.316. The highest BCUT2D eigenvalue weighted by molar-refractivity contribution is 5.78. The summed E-state index contributed by atoms with van der Waals surface area (Å²) >= 11 is 0. The van der Waals surface area contributed by atoms with Gasteiger partial charge in [0.2, 0.25) is 0 Å². The monoisotopic (exact) mass is 310 g/mol. The van der Waals surface area contributed by atoms with Crippen LogP contribution in [0.5, 0.6) is 5.75 Å². The van der Waals surface area contributed by atoms with E-state index in [4.69, 9.17) is 4.74 Å². The van der Waals surface area contributed by atoms with E-state index in [0.717, 1.165) is 25.4 Å². The van der Waals surface area contributed by atoms with Crippen molar-refractivity contribution in [1.82, 2.24) is 4.90 Å². The first kappa shape index (κ1) is 15.4. The third-order valence-corrected chi connectivity index (χ3v) is 4.17. The Morgan fingerprint density at radius 3 is 2.35 bits per heavy atom. The zero-order valence-electron chi connectivity index (χ0n) is 13.4. The molecule has 1 amide bonds. The molecular formula is C19H22N2O2. The zero-order valence-corrected chi connectivity index (χ0v) is 13.4. The SMILES string of the molecule is CC1CN(c2ccccc2)CCN1C(=O)COc1ccccc1. The minimum atomic E-state index is 0.0501. The molecule has 0 radical (unpaired) electrons. The van der Waals surface area contributed by atoms with Gasteiger partial charge in [-0.25, -0.2) is 0 Å². The molecule has 0 saturated carbocycles. The zero-order chi connectivity index (χ0) is 16.1. The van der Waals surface area contributed by atoms with Gasteiger partial charge in [0.15, 0.2) is 6.61 Å². The molecule has 0 aromatic heterocycles. The van der Waals surface area contributed by atoms with Crippen molar-refractivity contribution < 1.29 is 9.53 Å². The summed E-state index contributed by atoms with van der Waals surface area (Å²) < 4.78 is 5.58. The molecule has 0 spiro atoms. The van der Waals surface area contributed by atoms with Crippen molar-refractivity contribution in [2.24, 2.45) is 0 Å². The fourth-order valence-corrected chi connectivity index (χ4v) is 2.95. The maximum atomic E-state index is 12.4. The van der Waals surface area contributed by atoms with Crippen molar-refractivity contribution >= 4 is 11.6 Å². The van der Waals surface area contributed by atoms with Gasteiger partial charge in [-0.2, -0.15) is 0 Å². The second-order valence-electron chi connectivity index (χ2n) is 5.82. The Bertz CT molecular complexity index is 630. The predicted molar refractivity (Wildman–Crippen MR) is 91.8 cm³/mol.